The Morgan fingerprint density at radius 2 is 1.67 bits per heavy atom. The molecule has 0 radical (unpaired) electrons. The van der Waals surface area contributed by atoms with Crippen molar-refractivity contribution >= 4 is 22.6 Å². The summed E-state index contributed by atoms with van der Waals surface area (Å²) in [4.78, 5) is 0. The first-order valence-electron chi connectivity index (χ1n) is 3.64. The number of alkyl halides is 1. The van der Waals surface area contributed by atoms with Crippen molar-refractivity contribution in [2.45, 2.75) is 41.8 Å². The Morgan fingerprint density at radius 3 is 2.22 bits per heavy atom. The van der Waals surface area contributed by atoms with Gasteiger partial charge in [0, 0.05) is 3.92 Å². The molecule has 0 aromatic heterocycles. The third-order valence-electron chi connectivity index (χ3n) is 2.23. The lowest BCUT2D eigenvalue weighted by atomic mass is 10.1. The molecule has 0 spiro atoms. The Balaban J connectivity index is 2.03. The molecule has 0 amide bonds. The third-order valence-corrected chi connectivity index (χ3v) is 3.25. The van der Waals surface area contributed by atoms with Gasteiger partial charge in [-0.1, -0.05) is 22.6 Å². The summed E-state index contributed by atoms with van der Waals surface area (Å²) in [7, 11) is 0. The van der Waals surface area contributed by atoms with Crippen LogP contribution < -0.4 is 0 Å². The van der Waals surface area contributed by atoms with E-state index < -0.39 is 0 Å². The molecular weight excluding hydrogens is 227 g/mol. The molecule has 0 aromatic carbocycles. The summed E-state index contributed by atoms with van der Waals surface area (Å²) < 4.78 is 6.56. The van der Waals surface area contributed by atoms with Crippen LogP contribution in [-0.2, 0) is 4.74 Å². The van der Waals surface area contributed by atoms with Gasteiger partial charge in [-0.05, 0) is 25.7 Å². The number of hydrogen-bond donors (Lipinski definition) is 0. The molecule has 2 heterocycles. The van der Waals surface area contributed by atoms with Gasteiger partial charge < -0.3 is 4.74 Å². The molecule has 2 rings (SSSR count). The molecule has 0 N–H and O–H groups in total. The van der Waals surface area contributed by atoms with Gasteiger partial charge in [0.25, 0.3) is 0 Å². The van der Waals surface area contributed by atoms with Crippen LogP contribution >= 0.6 is 22.6 Å². The molecule has 2 aliphatic rings. The van der Waals surface area contributed by atoms with Crippen LogP contribution in [0.25, 0.3) is 0 Å². The molecule has 2 aliphatic heterocycles. The van der Waals surface area contributed by atoms with Gasteiger partial charge in [0.2, 0.25) is 0 Å². The molecule has 1 unspecified atom stereocenters. The lowest BCUT2D eigenvalue weighted by Crippen LogP contribution is -2.24. The summed E-state index contributed by atoms with van der Waals surface area (Å²) in [6, 6.07) is 0. The maximum Gasteiger partial charge on any atom is 0.0589 e. The van der Waals surface area contributed by atoms with Crippen molar-refractivity contribution in [3.8, 4) is 0 Å². The highest BCUT2D eigenvalue weighted by Gasteiger charge is 2.33. The quantitative estimate of drug-likeness (QED) is 0.464. The zero-order valence-corrected chi connectivity index (χ0v) is 7.50. The zero-order chi connectivity index (χ0) is 6.27. The normalized spacial score (nSPS) is 49.7. The minimum absolute atomic E-state index is 0.630. The fourth-order valence-electron chi connectivity index (χ4n) is 1.79. The second kappa shape index (κ2) is 2.38. The van der Waals surface area contributed by atoms with E-state index in [9.17, 15) is 0 Å². The summed E-state index contributed by atoms with van der Waals surface area (Å²) >= 11 is 2.55. The number of rotatable bonds is 0. The van der Waals surface area contributed by atoms with Crippen LogP contribution in [0.1, 0.15) is 25.7 Å². The fraction of sp³-hybridized carbons (Fsp3) is 1.00. The first kappa shape index (κ1) is 6.40. The summed E-state index contributed by atoms with van der Waals surface area (Å²) in [5.41, 5.74) is 0. The van der Waals surface area contributed by atoms with Gasteiger partial charge in [0.05, 0.1) is 12.2 Å². The molecule has 0 aromatic rings. The average Bonchev–Trinajstić information content (AvgIpc) is 2.11. The summed E-state index contributed by atoms with van der Waals surface area (Å²) in [5, 5.41) is 0. The Labute approximate surface area is 69.3 Å². The Kier molecular flexibility index (Phi) is 1.69. The van der Waals surface area contributed by atoms with Crippen molar-refractivity contribution in [2.75, 3.05) is 0 Å². The van der Waals surface area contributed by atoms with E-state index in [0.29, 0.717) is 12.2 Å². The van der Waals surface area contributed by atoms with Crippen molar-refractivity contribution < 1.29 is 4.74 Å². The van der Waals surface area contributed by atoms with Crippen molar-refractivity contribution in [2.24, 2.45) is 0 Å². The van der Waals surface area contributed by atoms with Gasteiger partial charge in [-0.3, -0.25) is 0 Å². The van der Waals surface area contributed by atoms with Crippen molar-refractivity contribution in [3.63, 3.8) is 0 Å². The molecule has 1 nitrogen and oxygen atoms in total. The van der Waals surface area contributed by atoms with Crippen molar-refractivity contribution in [1.82, 2.24) is 0 Å². The lowest BCUT2D eigenvalue weighted by molar-refractivity contribution is 0.0107. The summed E-state index contributed by atoms with van der Waals surface area (Å²) in [6.07, 6.45) is 6.51. The van der Waals surface area contributed by atoms with Crippen LogP contribution in [0.15, 0.2) is 0 Å². The first-order chi connectivity index (χ1) is 4.34. The monoisotopic (exact) mass is 238 g/mol. The highest BCUT2D eigenvalue weighted by molar-refractivity contribution is 14.1. The van der Waals surface area contributed by atoms with E-state index in [-0.39, 0.29) is 0 Å². The molecule has 3 atom stereocenters. The molecule has 2 heteroatoms. The van der Waals surface area contributed by atoms with Crippen LogP contribution in [-0.4, -0.2) is 16.1 Å². The second-order valence-corrected chi connectivity index (χ2v) is 4.79. The summed E-state index contributed by atoms with van der Waals surface area (Å²) in [6.45, 7) is 0. The molecule has 2 saturated heterocycles. The second-order valence-electron chi connectivity index (χ2n) is 3.03. The van der Waals surface area contributed by atoms with Gasteiger partial charge >= 0.3 is 0 Å². The van der Waals surface area contributed by atoms with E-state index in [0.717, 1.165) is 3.92 Å². The third kappa shape index (κ3) is 1.24. The van der Waals surface area contributed by atoms with E-state index in [4.69, 9.17) is 4.74 Å². The number of halogens is 1. The first-order valence-corrected chi connectivity index (χ1v) is 4.88. The van der Waals surface area contributed by atoms with Crippen LogP contribution in [0.2, 0.25) is 0 Å². The predicted molar refractivity (Wildman–Crippen MR) is 44.9 cm³/mol. The minimum Gasteiger partial charge on any atom is -0.375 e. The fourth-order valence-corrected chi connectivity index (χ4v) is 2.93. The molecule has 9 heavy (non-hydrogen) atoms. The molecule has 2 bridgehead atoms. The minimum atomic E-state index is 0.630. The predicted octanol–water partition coefficient (Wildman–Crippen LogP) is 2.13. The smallest absolute Gasteiger partial charge is 0.0589 e. The van der Waals surface area contributed by atoms with E-state index >= 15 is 0 Å². The van der Waals surface area contributed by atoms with E-state index in [1.165, 1.54) is 25.7 Å². The highest BCUT2D eigenvalue weighted by atomic mass is 127. The Morgan fingerprint density at radius 1 is 1.11 bits per heavy atom. The Hall–Kier alpha value is 0.690. The molecule has 0 saturated carbocycles. The van der Waals surface area contributed by atoms with Crippen molar-refractivity contribution in [1.29, 1.82) is 0 Å². The van der Waals surface area contributed by atoms with Crippen LogP contribution in [0.3, 0.4) is 0 Å². The van der Waals surface area contributed by atoms with Crippen LogP contribution in [0.5, 0.6) is 0 Å². The maximum atomic E-state index is 5.66. The van der Waals surface area contributed by atoms with Crippen LogP contribution in [0.4, 0.5) is 0 Å². The largest absolute Gasteiger partial charge is 0.375 e. The number of hydrogen-bond acceptors (Lipinski definition) is 1. The van der Waals surface area contributed by atoms with Crippen molar-refractivity contribution in [3.05, 3.63) is 0 Å². The van der Waals surface area contributed by atoms with Gasteiger partial charge in [0.15, 0.2) is 0 Å². The highest BCUT2D eigenvalue weighted by Crippen LogP contribution is 2.35. The summed E-state index contributed by atoms with van der Waals surface area (Å²) in [5.74, 6) is 0. The van der Waals surface area contributed by atoms with E-state index in [1.807, 2.05) is 0 Å². The SMILES string of the molecule is IC1C[C@H]2CC[C@@H](C1)O2. The van der Waals surface area contributed by atoms with Gasteiger partial charge in [-0.25, -0.2) is 0 Å². The maximum absolute atomic E-state index is 5.66. The molecular formula is C7H11IO. The standard InChI is InChI=1S/C7H11IO/c8-5-3-6-1-2-7(4-5)9-6/h5-7H,1-4H2/t5?,6-,7+. The number of fused-ring (bicyclic) bond motifs is 2. The molecule has 52 valence electrons. The van der Waals surface area contributed by atoms with Crippen LogP contribution in [0, 0.1) is 0 Å². The lowest BCUT2D eigenvalue weighted by Gasteiger charge is -2.23. The average molecular weight is 238 g/mol. The van der Waals surface area contributed by atoms with Gasteiger partial charge in [-0.2, -0.15) is 0 Å². The molecule has 2 fully saturated rings. The molecule has 0 aliphatic carbocycles. The zero-order valence-electron chi connectivity index (χ0n) is 5.35. The van der Waals surface area contributed by atoms with Gasteiger partial charge in [-0.15, -0.1) is 0 Å². The van der Waals surface area contributed by atoms with Gasteiger partial charge in [0.1, 0.15) is 0 Å². The van der Waals surface area contributed by atoms with E-state index in [1.54, 1.807) is 0 Å². The number of ether oxygens (including phenoxy) is 1. The Bertz CT molecular complexity index is 103. The topological polar surface area (TPSA) is 9.23 Å². The van der Waals surface area contributed by atoms with E-state index in [2.05, 4.69) is 22.6 Å².